The zero-order chi connectivity index (χ0) is 19.8. The summed E-state index contributed by atoms with van der Waals surface area (Å²) < 4.78 is 10.9. The van der Waals surface area contributed by atoms with Crippen LogP contribution in [0.3, 0.4) is 0 Å². The van der Waals surface area contributed by atoms with Crippen molar-refractivity contribution < 1.29 is 9.47 Å². The Balaban J connectivity index is 1.55. The number of hydrogen-bond acceptors (Lipinski definition) is 6. The summed E-state index contributed by atoms with van der Waals surface area (Å²) >= 11 is 0. The van der Waals surface area contributed by atoms with Crippen LogP contribution < -0.4 is 20.1 Å². The van der Waals surface area contributed by atoms with Crippen molar-refractivity contribution in [2.75, 3.05) is 30.9 Å². The van der Waals surface area contributed by atoms with E-state index in [0.717, 1.165) is 35.2 Å². The predicted molar refractivity (Wildman–Crippen MR) is 113 cm³/mol. The van der Waals surface area contributed by atoms with Gasteiger partial charge in [0.1, 0.15) is 36.1 Å². The average Bonchev–Trinajstić information content (AvgIpc) is 2.73. The molecule has 146 valence electrons. The molecule has 1 heterocycles. The van der Waals surface area contributed by atoms with E-state index in [0.29, 0.717) is 13.2 Å². The Morgan fingerprint density at radius 1 is 0.964 bits per heavy atom. The maximum Gasteiger partial charge on any atom is 0.135 e. The van der Waals surface area contributed by atoms with Crippen LogP contribution >= 0.6 is 0 Å². The summed E-state index contributed by atoms with van der Waals surface area (Å²) in [6, 6.07) is 15.7. The standard InChI is InChI=1S/C22H26N4O2/c1-4-17-7-5-6-16(2)22(17)26-21-14-20(24-15-25-21)23-12-13-28-19-10-8-18(27-3)9-11-19/h5-11,14-15H,4,12-13H2,1-3H3,(H2,23,24,25,26). The van der Waals surface area contributed by atoms with Crippen LogP contribution in [0.25, 0.3) is 0 Å². The zero-order valence-electron chi connectivity index (χ0n) is 16.5. The van der Waals surface area contributed by atoms with Crippen molar-refractivity contribution in [2.24, 2.45) is 0 Å². The molecule has 3 rings (SSSR count). The average molecular weight is 378 g/mol. The minimum absolute atomic E-state index is 0.525. The van der Waals surface area contributed by atoms with Gasteiger partial charge in [0.25, 0.3) is 0 Å². The Kier molecular flexibility index (Phi) is 6.68. The van der Waals surface area contributed by atoms with E-state index in [1.165, 1.54) is 11.1 Å². The SMILES string of the molecule is CCc1cccc(C)c1Nc1cc(NCCOc2ccc(OC)cc2)ncn1. The molecule has 0 aliphatic rings. The third-order valence-corrected chi connectivity index (χ3v) is 4.40. The molecule has 0 atom stereocenters. The van der Waals surface area contributed by atoms with Crippen LogP contribution in [-0.4, -0.2) is 30.2 Å². The molecule has 0 fully saturated rings. The van der Waals surface area contributed by atoms with Crippen LogP contribution in [0.5, 0.6) is 11.5 Å². The molecule has 2 aromatic carbocycles. The number of ether oxygens (including phenoxy) is 2. The first-order valence-electron chi connectivity index (χ1n) is 9.38. The molecule has 0 aliphatic heterocycles. The summed E-state index contributed by atoms with van der Waals surface area (Å²) in [5.41, 5.74) is 3.57. The number of nitrogens with one attached hydrogen (secondary N) is 2. The van der Waals surface area contributed by atoms with E-state index in [4.69, 9.17) is 9.47 Å². The summed E-state index contributed by atoms with van der Waals surface area (Å²) in [5, 5.41) is 6.69. The minimum Gasteiger partial charge on any atom is -0.497 e. The van der Waals surface area contributed by atoms with E-state index in [9.17, 15) is 0 Å². The molecular formula is C22H26N4O2. The molecule has 2 N–H and O–H groups in total. The Morgan fingerprint density at radius 2 is 1.71 bits per heavy atom. The number of aromatic nitrogens is 2. The van der Waals surface area contributed by atoms with Crippen LogP contribution in [0.2, 0.25) is 0 Å². The van der Waals surface area contributed by atoms with Gasteiger partial charge in [0.15, 0.2) is 0 Å². The second-order valence-corrected chi connectivity index (χ2v) is 6.33. The van der Waals surface area contributed by atoms with E-state index < -0.39 is 0 Å². The van der Waals surface area contributed by atoms with Gasteiger partial charge in [-0.1, -0.05) is 25.1 Å². The van der Waals surface area contributed by atoms with Gasteiger partial charge in [0.2, 0.25) is 0 Å². The van der Waals surface area contributed by atoms with Gasteiger partial charge in [-0.3, -0.25) is 0 Å². The molecule has 0 saturated carbocycles. The topological polar surface area (TPSA) is 68.3 Å². The second-order valence-electron chi connectivity index (χ2n) is 6.33. The number of aryl methyl sites for hydroxylation is 2. The monoisotopic (exact) mass is 378 g/mol. The van der Waals surface area contributed by atoms with E-state index in [-0.39, 0.29) is 0 Å². The van der Waals surface area contributed by atoms with Gasteiger partial charge in [-0.2, -0.15) is 0 Å². The van der Waals surface area contributed by atoms with Crippen molar-refractivity contribution in [2.45, 2.75) is 20.3 Å². The lowest BCUT2D eigenvalue weighted by atomic mass is 10.1. The van der Waals surface area contributed by atoms with Crippen molar-refractivity contribution in [1.82, 2.24) is 9.97 Å². The maximum absolute atomic E-state index is 5.72. The number of para-hydroxylation sites is 1. The third kappa shape index (κ3) is 5.13. The predicted octanol–water partition coefficient (Wildman–Crippen LogP) is 4.59. The Labute approximate surface area is 166 Å². The van der Waals surface area contributed by atoms with Gasteiger partial charge in [0, 0.05) is 11.8 Å². The fourth-order valence-corrected chi connectivity index (χ4v) is 2.87. The van der Waals surface area contributed by atoms with Gasteiger partial charge in [-0.25, -0.2) is 9.97 Å². The molecular weight excluding hydrogens is 352 g/mol. The van der Waals surface area contributed by atoms with Crippen LogP contribution in [0.4, 0.5) is 17.3 Å². The summed E-state index contributed by atoms with van der Waals surface area (Å²) in [5.74, 6) is 3.13. The fraction of sp³-hybridized carbons (Fsp3) is 0.273. The van der Waals surface area contributed by atoms with Crippen molar-refractivity contribution in [3.63, 3.8) is 0 Å². The van der Waals surface area contributed by atoms with Crippen LogP contribution in [0, 0.1) is 6.92 Å². The fourth-order valence-electron chi connectivity index (χ4n) is 2.87. The lowest BCUT2D eigenvalue weighted by Crippen LogP contribution is -2.12. The molecule has 1 aromatic heterocycles. The Morgan fingerprint density at radius 3 is 2.46 bits per heavy atom. The second kappa shape index (κ2) is 9.60. The highest BCUT2D eigenvalue weighted by molar-refractivity contribution is 5.66. The Bertz CT molecular complexity index is 897. The number of hydrogen-bond donors (Lipinski definition) is 2. The number of benzene rings is 2. The molecule has 3 aromatic rings. The molecule has 0 unspecified atom stereocenters. The van der Waals surface area contributed by atoms with E-state index >= 15 is 0 Å². The third-order valence-electron chi connectivity index (χ3n) is 4.40. The first kappa shape index (κ1) is 19.5. The first-order chi connectivity index (χ1) is 13.7. The van der Waals surface area contributed by atoms with Gasteiger partial charge in [-0.05, 0) is 48.7 Å². The molecule has 0 bridgehead atoms. The van der Waals surface area contributed by atoms with Crippen molar-refractivity contribution in [1.29, 1.82) is 0 Å². The highest BCUT2D eigenvalue weighted by atomic mass is 16.5. The molecule has 6 nitrogen and oxygen atoms in total. The van der Waals surface area contributed by atoms with E-state index in [2.05, 4.69) is 52.6 Å². The van der Waals surface area contributed by atoms with Crippen molar-refractivity contribution >= 4 is 17.3 Å². The molecule has 0 saturated heterocycles. The molecule has 0 amide bonds. The molecule has 0 radical (unpaired) electrons. The molecule has 0 spiro atoms. The number of methoxy groups -OCH3 is 1. The van der Waals surface area contributed by atoms with Gasteiger partial charge >= 0.3 is 0 Å². The lowest BCUT2D eigenvalue weighted by Gasteiger charge is -2.14. The number of rotatable bonds is 9. The molecule has 6 heteroatoms. The smallest absolute Gasteiger partial charge is 0.135 e. The summed E-state index contributed by atoms with van der Waals surface area (Å²) in [6.07, 6.45) is 2.52. The van der Waals surface area contributed by atoms with E-state index in [1.807, 2.05) is 30.3 Å². The largest absolute Gasteiger partial charge is 0.497 e. The molecule has 28 heavy (non-hydrogen) atoms. The van der Waals surface area contributed by atoms with Gasteiger partial charge in [-0.15, -0.1) is 0 Å². The normalized spacial score (nSPS) is 10.4. The van der Waals surface area contributed by atoms with Crippen molar-refractivity contribution in [3.8, 4) is 11.5 Å². The Hall–Kier alpha value is -3.28. The number of anilines is 3. The first-order valence-corrected chi connectivity index (χ1v) is 9.38. The summed E-state index contributed by atoms with van der Waals surface area (Å²) in [6.45, 7) is 5.40. The summed E-state index contributed by atoms with van der Waals surface area (Å²) in [7, 11) is 1.65. The zero-order valence-corrected chi connectivity index (χ0v) is 16.5. The van der Waals surface area contributed by atoms with Crippen LogP contribution in [0.15, 0.2) is 54.9 Å². The van der Waals surface area contributed by atoms with Crippen LogP contribution in [0.1, 0.15) is 18.1 Å². The molecule has 0 aliphatic carbocycles. The van der Waals surface area contributed by atoms with Gasteiger partial charge in [0.05, 0.1) is 13.7 Å². The lowest BCUT2D eigenvalue weighted by molar-refractivity contribution is 0.331. The highest BCUT2D eigenvalue weighted by Gasteiger charge is 2.06. The quantitative estimate of drug-likeness (QED) is 0.531. The summed E-state index contributed by atoms with van der Waals surface area (Å²) in [4.78, 5) is 8.62. The number of nitrogens with zero attached hydrogens (tertiary/aromatic N) is 2. The highest BCUT2D eigenvalue weighted by Crippen LogP contribution is 2.25. The minimum atomic E-state index is 0.525. The maximum atomic E-state index is 5.72. The van der Waals surface area contributed by atoms with Crippen LogP contribution in [-0.2, 0) is 6.42 Å². The van der Waals surface area contributed by atoms with E-state index in [1.54, 1.807) is 13.4 Å². The van der Waals surface area contributed by atoms with Crippen molar-refractivity contribution in [3.05, 3.63) is 66.0 Å². The van der Waals surface area contributed by atoms with Gasteiger partial charge < -0.3 is 20.1 Å².